The normalized spacial score (nSPS) is 10.9. The maximum Gasteiger partial charge on any atom is 0.292 e. The minimum atomic E-state index is -0.569. The minimum absolute atomic E-state index is 0.0643. The van der Waals surface area contributed by atoms with E-state index in [1.807, 2.05) is 66.0 Å². The van der Waals surface area contributed by atoms with Gasteiger partial charge in [0.25, 0.3) is 11.5 Å². The number of carbonyl (C=O) groups excluding carboxylic acids is 1. The quantitative estimate of drug-likeness (QED) is 0.477. The van der Waals surface area contributed by atoms with Gasteiger partial charge in [-0.15, -0.1) is 11.3 Å². The molecule has 0 unspecified atom stereocenters. The average molecular weight is 414 g/mol. The van der Waals surface area contributed by atoms with Crippen LogP contribution in [-0.2, 0) is 0 Å². The number of thiophene rings is 1. The Bertz CT molecular complexity index is 1400. The lowest BCUT2D eigenvalue weighted by Crippen LogP contribution is -2.33. The Balaban J connectivity index is 1.47. The van der Waals surface area contributed by atoms with Crippen LogP contribution in [-0.4, -0.2) is 20.7 Å². The molecule has 0 aliphatic carbocycles. The molecule has 0 bridgehead atoms. The Morgan fingerprint density at radius 3 is 2.43 bits per heavy atom. The first-order valence-electron chi connectivity index (χ1n) is 9.08. The molecule has 0 spiro atoms. The van der Waals surface area contributed by atoms with E-state index in [2.05, 4.69) is 15.6 Å². The van der Waals surface area contributed by atoms with Crippen LogP contribution in [0.5, 0.6) is 0 Å². The Kier molecular flexibility index (Phi) is 4.45. The standard InChI is InChI=1S/C22H14N4O3S/c27-20(17-11-18(29-25-17)15-9-5-2-6-10-15)24-26-13-23-21-19(22(26)28)16(12-30-21)14-7-3-1-4-8-14/h1-13H,(H,24,27). The number of hydrogen-bond acceptors (Lipinski definition) is 6. The summed E-state index contributed by atoms with van der Waals surface area (Å²) < 4.78 is 6.33. The van der Waals surface area contributed by atoms with Crippen LogP contribution < -0.4 is 11.0 Å². The molecule has 7 nitrogen and oxygen atoms in total. The predicted molar refractivity (Wildman–Crippen MR) is 115 cm³/mol. The highest BCUT2D eigenvalue weighted by Gasteiger charge is 2.17. The fourth-order valence-electron chi connectivity index (χ4n) is 3.13. The van der Waals surface area contributed by atoms with Crippen molar-refractivity contribution in [2.24, 2.45) is 0 Å². The lowest BCUT2D eigenvalue weighted by Gasteiger charge is -2.06. The zero-order chi connectivity index (χ0) is 20.5. The van der Waals surface area contributed by atoms with Crippen LogP contribution in [0.2, 0.25) is 0 Å². The molecule has 5 aromatic rings. The zero-order valence-electron chi connectivity index (χ0n) is 15.5. The van der Waals surface area contributed by atoms with Crippen molar-refractivity contribution in [3.8, 4) is 22.5 Å². The van der Waals surface area contributed by atoms with E-state index in [4.69, 9.17) is 4.52 Å². The summed E-state index contributed by atoms with van der Waals surface area (Å²) in [5, 5.41) is 6.17. The van der Waals surface area contributed by atoms with Gasteiger partial charge in [-0.2, -0.15) is 0 Å². The van der Waals surface area contributed by atoms with Crippen LogP contribution in [0.1, 0.15) is 10.5 Å². The van der Waals surface area contributed by atoms with Gasteiger partial charge in [-0.1, -0.05) is 65.8 Å². The largest absolute Gasteiger partial charge is 0.355 e. The molecule has 8 heteroatoms. The molecule has 146 valence electrons. The van der Waals surface area contributed by atoms with Gasteiger partial charge in [-0.3, -0.25) is 15.0 Å². The van der Waals surface area contributed by atoms with Gasteiger partial charge in [-0.25, -0.2) is 9.66 Å². The third kappa shape index (κ3) is 3.19. The molecule has 0 saturated carbocycles. The van der Waals surface area contributed by atoms with Gasteiger partial charge in [0.05, 0.1) is 5.39 Å². The van der Waals surface area contributed by atoms with E-state index >= 15 is 0 Å². The summed E-state index contributed by atoms with van der Waals surface area (Å²) in [6.07, 6.45) is 1.30. The predicted octanol–water partition coefficient (Wildman–Crippen LogP) is 4.16. The Hall–Kier alpha value is -4.04. The molecular weight excluding hydrogens is 400 g/mol. The third-order valence-electron chi connectivity index (χ3n) is 4.60. The van der Waals surface area contributed by atoms with Gasteiger partial charge in [-0.05, 0) is 5.56 Å². The van der Waals surface area contributed by atoms with Crippen molar-refractivity contribution >= 4 is 27.5 Å². The van der Waals surface area contributed by atoms with Crippen molar-refractivity contribution in [1.29, 1.82) is 0 Å². The van der Waals surface area contributed by atoms with Gasteiger partial charge in [0, 0.05) is 22.6 Å². The summed E-state index contributed by atoms with van der Waals surface area (Å²) in [5.74, 6) is -0.105. The fourth-order valence-corrected chi connectivity index (χ4v) is 4.04. The molecule has 0 radical (unpaired) electrons. The third-order valence-corrected chi connectivity index (χ3v) is 5.49. The SMILES string of the molecule is O=C(Nn1cnc2scc(-c3ccccc3)c2c1=O)c1cc(-c2ccccc2)on1. The van der Waals surface area contributed by atoms with Gasteiger partial charge < -0.3 is 4.52 Å². The number of amides is 1. The van der Waals surface area contributed by atoms with E-state index in [1.54, 1.807) is 0 Å². The van der Waals surface area contributed by atoms with Crippen molar-refractivity contribution in [2.45, 2.75) is 0 Å². The molecule has 30 heavy (non-hydrogen) atoms. The Labute approximate surface area is 174 Å². The molecular formula is C22H14N4O3S. The smallest absolute Gasteiger partial charge is 0.292 e. The van der Waals surface area contributed by atoms with Crippen LogP contribution in [0.3, 0.4) is 0 Å². The highest BCUT2D eigenvalue weighted by atomic mass is 32.1. The molecule has 1 N–H and O–H groups in total. The maximum atomic E-state index is 13.0. The lowest BCUT2D eigenvalue weighted by molar-refractivity contribution is 0.0998. The maximum absolute atomic E-state index is 13.0. The first kappa shape index (κ1) is 18.0. The number of nitrogens with zero attached hydrogens (tertiary/aromatic N) is 3. The summed E-state index contributed by atoms with van der Waals surface area (Å²) in [7, 11) is 0. The number of fused-ring (bicyclic) bond motifs is 1. The van der Waals surface area contributed by atoms with Crippen molar-refractivity contribution in [1.82, 2.24) is 14.8 Å². The topological polar surface area (TPSA) is 90.0 Å². The molecule has 0 fully saturated rings. The number of rotatable bonds is 4. The van der Waals surface area contributed by atoms with Crippen molar-refractivity contribution in [3.63, 3.8) is 0 Å². The van der Waals surface area contributed by atoms with Crippen LogP contribution in [0, 0.1) is 0 Å². The zero-order valence-corrected chi connectivity index (χ0v) is 16.3. The molecule has 3 aromatic heterocycles. The highest BCUT2D eigenvalue weighted by molar-refractivity contribution is 7.17. The molecule has 2 aromatic carbocycles. The second-order valence-electron chi connectivity index (χ2n) is 6.50. The molecule has 0 saturated heterocycles. The van der Waals surface area contributed by atoms with E-state index in [0.29, 0.717) is 16.0 Å². The molecule has 3 heterocycles. The first-order valence-corrected chi connectivity index (χ1v) is 9.96. The van der Waals surface area contributed by atoms with Crippen molar-refractivity contribution in [2.75, 3.05) is 5.43 Å². The Morgan fingerprint density at radius 1 is 1.00 bits per heavy atom. The number of aromatic nitrogens is 3. The number of hydrogen-bond donors (Lipinski definition) is 1. The van der Waals surface area contributed by atoms with E-state index in [1.165, 1.54) is 23.7 Å². The molecule has 0 atom stereocenters. The Morgan fingerprint density at radius 2 is 1.70 bits per heavy atom. The first-order chi connectivity index (χ1) is 14.7. The second-order valence-corrected chi connectivity index (χ2v) is 7.36. The van der Waals surface area contributed by atoms with E-state index in [9.17, 15) is 9.59 Å². The lowest BCUT2D eigenvalue weighted by atomic mass is 10.1. The second kappa shape index (κ2) is 7.41. The minimum Gasteiger partial charge on any atom is -0.355 e. The van der Waals surface area contributed by atoms with Gasteiger partial charge in [0.1, 0.15) is 11.2 Å². The summed E-state index contributed by atoms with van der Waals surface area (Å²) in [6.45, 7) is 0. The van der Waals surface area contributed by atoms with Gasteiger partial charge in [0.2, 0.25) is 0 Å². The summed E-state index contributed by atoms with van der Waals surface area (Å²) >= 11 is 1.38. The number of benzene rings is 2. The summed E-state index contributed by atoms with van der Waals surface area (Å²) in [6, 6.07) is 20.4. The number of nitrogens with one attached hydrogen (secondary N) is 1. The molecule has 5 rings (SSSR count). The van der Waals surface area contributed by atoms with Crippen LogP contribution in [0.25, 0.3) is 32.7 Å². The number of carbonyl (C=O) groups is 1. The van der Waals surface area contributed by atoms with Crippen molar-refractivity contribution < 1.29 is 9.32 Å². The summed E-state index contributed by atoms with van der Waals surface area (Å²) in [5.41, 5.74) is 4.74. The molecule has 0 aliphatic heterocycles. The monoisotopic (exact) mass is 414 g/mol. The fraction of sp³-hybridized carbons (Fsp3) is 0. The molecule has 0 aliphatic rings. The van der Waals surface area contributed by atoms with E-state index in [-0.39, 0.29) is 11.3 Å². The van der Waals surface area contributed by atoms with Gasteiger partial charge in [0.15, 0.2) is 11.5 Å². The van der Waals surface area contributed by atoms with E-state index in [0.717, 1.165) is 21.4 Å². The van der Waals surface area contributed by atoms with Gasteiger partial charge >= 0.3 is 0 Å². The summed E-state index contributed by atoms with van der Waals surface area (Å²) in [4.78, 5) is 30.6. The van der Waals surface area contributed by atoms with Crippen LogP contribution in [0.15, 0.2) is 87.8 Å². The van der Waals surface area contributed by atoms with Crippen molar-refractivity contribution in [3.05, 3.63) is 94.5 Å². The van der Waals surface area contributed by atoms with E-state index < -0.39 is 5.91 Å². The highest BCUT2D eigenvalue weighted by Crippen LogP contribution is 2.30. The average Bonchev–Trinajstić information content (AvgIpc) is 3.45. The van der Waals surface area contributed by atoms with Crippen LogP contribution >= 0.6 is 11.3 Å². The van der Waals surface area contributed by atoms with Crippen LogP contribution in [0.4, 0.5) is 0 Å². The molecule has 1 amide bonds.